The van der Waals surface area contributed by atoms with Gasteiger partial charge in [0.1, 0.15) is 0 Å². The molecule has 148 valence electrons. The zero-order valence-electron chi connectivity index (χ0n) is 17.5. The van der Waals surface area contributed by atoms with Crippen LogP contribution >= 0.6 is 11.6 Å². The average Bonchev–Trinajstić information content (AvgIpc) is 2.76. The lowest BCUT2D eigenvalue weighted by molar-refractivity contribution is 0.795. The van der Waals surface area contributed by atoms with Crippen LogP contribution < -0.4 is 0 Å². The van der Waals surface area contributed by atoms with Gasteiger partial charge in [0, 0.05) is 11.1 Å². The van der Waals surface area contributed by atoms with Gasteiger partial charge < -0.3 is 0 Å². The van der Waals surface area contributed by atoms with E-state index >= 15 is 0 Å². The SMILES string of the molecule is CCCCc1ccc(C#Cc2ccc(-c3ccc(CCCC)cc3)cc2Cl)cc1. The van der Waals surface area contributed by atoms with Crippen LogP contribution in [0.4, 0.5) is 0 Å². The van der Waals surface area contributed by atoms with Crippen molar-refractivity contribution in [1.82, 2.24) is 0 Å². The van der Waals surface area contributed by atoms with Gasteiger partial charge in [0.2, 0.25) is 0 Å². The fourth-order valence-electron chi connectivity index (χ4n) is 3.32. The van der Waals surface area contributed by atoms with Gasteiger partial charge in [-0.25, -0.2) is 0 Å². The molecule has 3 aromatic rings. The second-order valence-corrected chi connectivity index (χ2v) is 7.95. The molecule has 0 bridgehead atoms. The molecule has 0 amide bonds. The maximum Gasteiger partial charge on any atom is 0.0568 e. The van der Waals surface area contributed by atoms with E-state index in [2.05, 4.69) is 80.3 Å². The highest BCUT2D eigenvalue weighted by atomic mass is 35.5. The number of halogens is 1. The third-order valence-corrected chi connectivity index (χ3v) is 5.50. The Morgan fingerprint density at radius 1 is 0.655 bits per heavy atom. The lowest BCUT2D eigenvalue weighted by atomic mass is 10.0. The van der Waals surface area contributed by atoms with Crippen molar-refractivity contribution in [2.24, 2.45) is 0 Å². The number of hydrogen-bond acceptors (Lipinski definition) is 0. The molecule has 0 nitrogen and oxygen atoms in total. The van der Waals surface area contributed by atoms with E-state index in [4.69, 9.17) is 11.6 Å². The van der Waals surface area contributed by atoms with E-state index in [0.717, 1.165) is 29.5 Å². The van der Waals surface area contributed by atoms with E-state index in [1.807, 2.05) is 12.1 Å². The summed E-state index contributed by atoms with van der Waals surface area (Å²) in [5.74, 6) is 6.46. The van der Waals surface area contributed by atoms with Gasteiger partial charge in [-0.1, -0.05) is 92.6 Å². The molecule has 3 aromatic carbocycles. The van der Waals surface area contributed by atoms with E-state index in [9.17, 15) is 0 Å². The van der Waals surface area contributed by atoms with Crippen molar-refractivity contribution in [3.05, 3.63) is 94.0 Å². The first-order valence-electron chi connectivity index (χ1n) is 10.7. The van der Waals surface area contributed by atoms with Gasteiger partial charge in [0.05, 0.1) is 5.02 Å². The summed E-state index contributed by atoms with van der Waals surface area (Å²) in [6.07, 6.45) is 7.19. The second kappa shape index (κ2) is 10.9. The van der Waals surface area contributed by atoms with Crippen LogP contribution in [0.1, 0.15) is 61.8 Å². The fraction of sp³-hybridized carbons (Fsp3) is 0.286. The van der Waals surface area contributed by atoms with Crippen molar-refractivity contribution < 1.29 is 0 Å². The Morgan fingerprint density at radius 2 is 1.21 bits per heavy atom. The molecule has 0 N–H and O–H groups in total. The molecule has 3 rings (SSSR count). The van der Waals surface area contributed by atoms with E-state index in [1.54, 1.807) is 0 Å². The van der Waals surface area contributed by atoms with Gasteiger partial charge in [0.25, 0.3) is 0 Å². The number of aryl methyl sites for hydroxylation is 2. The van der Waals surface area contributed by atoms with E-state index < -0.39 is 0 Å². The molecule has 0 aromatic heterocycles. The fourth-order valence-corrected chi connectivity index (χ4v) is 3.54. The molecule has 0 aliphatic heterocycles. The van der Waals surface area contributed by atoms with Crippen LogP contribution in [0.5, 0.6) is 0 Å². The molecule has 0 atom stereocenters. The van der Waals surface area contributed by atoms with Gasteiger partial charge in [0.15, 0.2) is 0 Å². The third kappa shape index (κ3) is 6.25. The molecular formula is C28H29Cl. The van der Waals surface area contributed by atoms with Crippen molar-refractivity contribution in [3.8, 4) is 23.0 Å². The lowest BCUT2D eigenvalue weighted by Crippen LogP contribution is -1.86. The van der Waals surface area contributed by atoms with Gasteiger partial charge >= 0.3 is 0 Å². The topological polar surface area (TPSA) is 0 Å². The Morgan fingerprint density at radius 3 is 1.76 bits per heavy atom. The highest BCUT2D eigenvalue weighted by Crippen LogP contribution is 2.26. The lowest BCUT2D eigenvalue weighted by Gasteiger charge is -2.06. The maximum absolute atomic E-state index is 6.53. The van der Waals surface area contributed by atoms with Gasteiger partial charge in [-0.15, -0.1) is 0 Å². The summed E-state index contributed by atoms with van der Waals surface area (Å²) < 4.78 is 0. The van der Waals surface area contributed by atoms with Crippen LogP contribution in [0.2, 0.25) is 5.02 Å². The summed E-state index contributed by atoms with van der Waals surface area (Å²) in [7, 11) is 0. The van der Waals surface area contributed by atoms with Crippen LogP contribution in [-0.4, -0.2) is 0 Å². The predicted octanol–water partition coefficient (Wildman–Crippen LogP) is 8.09. The monoisotopic (exact) mass is 400 g/mol. The molecule has 0 aliphatic carbocycles. The van der Waals surface area contributed by atoms with Gasteiger partial charge in [-0.3, -0.25) is 0 Å². The molecule has 1 heteroatoms. The zero-order chi connectivity index (χ0) is 20.5. The zero-order valence-corrected chi connectivity index (χ0v) is 18.2. The highest BCUT2D eigenvalue weighted by Gasteiger charge is 2.03. The summed E-state index contributed by atoms with van der Waals surface area (Å²) in [5, 5.41) is 0.699. The maximum atomic E-state index is 6.53. The van der Waals surface area contributed by atoms with E-state index in [0.29, 0.717) is 5.02 Å². The summed E-state index contributed by atoms with van der Waals surface area (Å²) in [4.78, 5) is 0. The Balaban J connectivity index is 1.71. The van der Waals surface area contributed by atoms with Crippen molar-refractivity contribution in [2.45, 2.75) is 52.4 Å². The minimum Gasteiger partial charge on any atom is -0.0830 e. The minimum absolute atomic E-state index is 0.699. The van der Waals surface area contributed by atoms with Crippen molar-refractivity contribution in [3.63, 3.8) is 0 Å². The van der Waals surface area contributed by atoms with E-state index in [-0.39, 0.29) is 0 Å². The Kier molecular flexibility index (Phi) is 7.97. The molecule has 0 unspecified atom stereocenters. The van der Waals surface area contributed by atoms with Crippen molar-refractivity contribution >= 4 is 11.6 Å². The number of unbranched alkanes of at least 4 members (excludes halogenated alkanes) is 2. The first-order valence-corrected chi connectivity index (χ1v) is 11.1. The highest BCUT2D eigenvalue weighted by molar-refractivity contribution is 6.32. The summed E-state index contributed by atoms with van der Waals surface area (Å²) >= 11 is 6.53. The average molecular weight is 401 g/mol. The van der Waals surface area contributed by atoms with Crippen LogP contribution in [0, 0.1) is 11.8 Å². The molecule has 0 aliphatic rings. The van der Waals surface area contributed by atoms with Gasteiger partial charge in [-0.2, -0.15) is 0 Å². The van der Waals surface area contributed by atoms with Crippen molar-refractivity contribution in [2.75, 3.05) is 0 Å². The van der Waals surface area contributed by atoms with E-state index in [1.165, 1.54) is 42.4 Å². The standard InChI is InChI=1S/C28H29Cl/c1-3-5-7-22-9-11-24(12-10-22)15-18-26-19-20-27(21-28(26)29)25-16-13-23(14-17-25)8-6-4-2/h9-14,16-17,19-21H,3-8H2,1-2H3. The quantitative estimate of drug-likeness (QED) is 0.351. The second-order valence-electron chi connectivity index (χ2n) is 7.55. The minimum atomic E-state index is 0.699. The number of rotatable bonds is 7. The molecule has 0 spiro atoms. The third-order valence-electron chi connectivity index (χ3n) is 5.19. The Bertz CT molecular complexity index is 970. The molecule has 0 radical (unpaired) electrons. The molecule has 0 saturated carbocycles. The molecular weight excluding hydrogens is 372 g/mol. The summed E-state index contributed by atoms with van der Waals surface area (Å²) in [6.45, 7) is 4.45. The first-order chi connectivity index (χ1) is 14.2. The van der Waals surface area contributed by atoms with Gasteiger partial charge in [-0.05, 0) is 72.2 Å². The molecule has 0 fully saturated rings. The summed E-state index contributed by atoms with van der Waals surface area (Å²) in [5.41, 5.74) is 6.97. The number of hydrogen-bond donors (Lipinski definition) is 0. The summed E-state index contributed by atoms with van der Waals surface area (Å²) in [6, 6.07) is 23.5. The van der Waals surface area contributed by atoms with Crippen molar-refractivity contribution in [1.29, 1.82) is 0 Å². The van der Waals surface area contributed by atoms with Crippen LogP contribution in [0.25, 0.3) is 11.1 Å². The molecule has 0 saturated heterocycles. The smallest absolute Gasteiger partial charge is 0.0568 e. The van der Waals surface area contributed by atoms with Crippen LogP contribution in [-0.2, 0) is 12.8 Å². The largest absolute Gasteiger partial charge is 0.0830 e. The molecule has 0 heterocycles. The molecule has 29 heavy (non-hydrogen) atoms. The normalized spacial score (nSPS) is 10.4. The Hall–Kier alpha value is -2.49. The van der Waals surface area contributed by atoms with Crippen LogP contribution in [0.15, 0.2) is 66.7 Å². The van der Waals surface area contributed by atoms with Crippen LogP contribution in [0.3, 0.4) is 0 Å². The first kappa shape index (κ1) is 21.2. The predicted molar refractivity (Wildman–Crippen MR) is 127 cm³/mol. The number of benzene rings is 3. The Labute approximate surface area is 180 Å².